The zero-order valence-corrected chi connectivity index (χ0v) is 7.00. The summed E-state index contributed by atoms with van der Waals surface area (Å²) in [7, 11) is 0. The normalized spacial score (nSPS) is 14.8. The van der Waals surface area contributed by atoms with E-state index >= 15 is 0 Å². The van der Waals surface area contributed by atoms with E-state index in [1.165, 1.54) is 6.20 Å². The van der Waals surface area contributed by atoms with E-state index in [1.807, 2.05) is 0 Å². The highest BCUT2D eigenvalue weighted by Gasteiger charge is 2.32. The number of rotatable bonds is 1. The molecule has 0 aliphatic rings. The molecule has 0 aliphatic carbocycles. The number of aromatic amines is 1. The second-order valence-electron chi connectivity index (χ2n) is 2.46. The van der Waals surface area contributed by atoms with E-state index in [0.29, 0.717) is 5.56 Å². The molecule has 12 heavy (non-hydrogen) atoms. The molecule has 1 nitrogen and oxygen atoms in total. The molecule has 68 valence electrons. The molecule has 0 spiro atoms. The summed E-state index contributed by atoms with van der Waals surface area (Å²) >= 11 is 5.58. The first kappa shape index (κ1) is 9.45. The smallest absolute Gasteiger partial charge is 0.357 e. The Hall–Kier alpha value is -0.640. The van der Waals surface area contributed by atoms with Crippen LogP contribution in [0.4, 0.5) is 13.2 Å². The van der Waals surface area contributed by atoms with Crippen molar-refractivity contribution in [2.75, 3.05) is 0 Å². The van der Waals surface area contributed by atoms with E-state index in [4.69, 9.17) is 11.6 Å². The molecule has 0 saturated heterocycles. The molecule has 1 atom stereocenters. The molecule has 1 aromatic rings. The molecule has 1 N–H and O–H groups in total. The third-order valence-corrected chi connectivity index (χ3v) is 1.72. The SMILES string of the molecule is CC(Cl)c1c[nH]c(C(F)(F)F)c1. The van der Waals surface area contributed by atoms with Gasteiger partial charge >= 0.3 is 6.18 Å². The van der Waals surface area contributed by atoms with Crippen LogP contribution in [-0.2, 0) is 6.18 Å². The van der Waals surface area contributed by atoms with Crippen LogP contribution in [0.15, 0.2) is 12.3 Å². The first-order valence-electron chi connectivity index (χ1n) is 3.31. The Bertz CT molecular complexity index is 264. The van der Waals surface area contributed by atoms with Crippen LogP contribution in [0, 0.1) is 0 Å². The van der Waals surface area contributed by atoms with Gasteiger partial charge in [-0.1, -0.05) is 0 Å². The molecule has 0 saturated carbocycles. The number of hydrogen-bond acceptors (Lipinski definition) is 0. The average Bonchev–Trinajstić information content (AvgIpc) is 2.30. The minimum atomic E-state index is -4.32. The quantitative estimate of drug-likeness (QED) is 0.665. The van der Waals surface area contributed by atoms with E-state index in [0.717, 1.165) is 6.07 Å². The third-order valence-electron chi connectivity index (χ3n) is 1.47. The Morgan fingerprint density at radius 1 is 1.50 bits per heavy atom. The fraction of sp³-hybridized carbons (Fsp3) is 0.429. The number of halogens is 4. The van der Waals surface area contributed by atoms with E-state index < -0.39 is 17.2 Å². The maximum absolute atomic E-state index is 12.0. The first-order valence-corrected chi connectivity index (χ1v) is 3.74. The number of alkyl halides is 4. The summed E-state index contributed by atoms with van der Waals surface area (Å²) in [6.07, 6.45) is -3.05. The van der Waals surface area contributed by atoms with E-state index in [9.17, 15) is 13.2 Å². The third kappa shape index (κ3) is 1.94. The van der Waals surface area contributed by atoms with Gasteiger partial charge in [-0.15, -0.1) is 11.6 Å². The highest BCUT2D eigenvalue weighted by molar-refractivity contribution is 6.20. The zero-order chi connectivity index (χ0) is 9.35. The molecular weight excluding hydrogens is 191 g/mol. The van der Waals surface area contributed by atoms with Crippen molar-refractivity contribution in [3.8, 4) is 0 Å². The Labute approximate surface area is 72.5 Å². The molecule has 1 aromatic heterocycles. The highest BCUT2D eigenvalue weighted by atomic mass is 35.5. The predicted molar refractivity (Wildman–Crippen MR) is 40.1 cm³/mol. The summed E-state index contributed by atoms with van der Waals surface area (Å²) in [6.45, 7) is 1.62. The summed E-state index contributed by atoms with van der Waals surface area (Å²) in [5.41, 5.74) is -0.311. The van der Waals surface area contributed by atoms with Gasteiger partial charge in [-0.3, -0.25) is 0 Å². The van der Waals surface area contributed by atoms with Gasteiger partial charge in [0.2, 0.25) is 0 Å². The lowest BCUT2D eigenvalue weighted by molar-refractivity contribution is -0.140. The molecule has 0 aliphatic heterocycles. The van der Waals surface area contributed by atoms with Gasteiger partial charge in [-0.05, 0) is 18.6 Å². The molecule has 0 bridgehead atoms. The lowest BCUT2D eigenvalue weighted by atomic mass is 10.2. The Morgan fingerprint density at radius 3 is 2.33 bits per heavy atom. The van der Waals surface area contributed by atoms with Crippen molar-refractivity contribution in [2.45, 2.75) is 18.5 Å². The molecule has 1 rings (SSSR count). The van der Waals surface area contributed by atoms with Crippen LogP contribution in [0.1, 0.15) is 23.6 Å². The lowest BCUT2D eigenvalue weighted by Crippen LogP contribution is -2.04. The second kappa shape index (κ2) is 3.01. The molecule has 5 heteroatoms. The summed E-state index contributed by atoms with van der Waals surface area (Å²) in [5.74, 6) is 0. The van der Waals surface area contributed by atoms with Crippen molar-refractivity contribution >= 4 is 11.6 Å². The molecule has 0 amide bonds. The average molecular weight is 198 g/mol. The minimum Gasteiger partial charge on any atom is -0.357 e. The van der Waals surface area contributed by atoms with Crippen molar-refractivity contribution in [3.63, 3.8) is 0 Å². The van der Waals surface area contributed by atoms with Crippen LogP contribution in [0.3, 0.4) is 0 Å². The molecule has 1 heterocycles. The van der Waals surface area contributed by atoms with Gasteiger partial charge in [-0.25, -0.2) is 0 Å². The molecule has 0 fully saturated rings. The van der Waals surface area contributed by atoms with E-state index in [2.05, 4.69) is 4.98 Å². The zero-order valence-electron chi connectivity index (χ0n) is 6.24. The van der Waals surface area contributed by atoms with Crippen LogP contribution in [-0.4, -0.2) is 4.98 Å². The van der Waals surface area contributed by atoms with Crippen molar-refractivity contribution in [3.05, 3.63) is 23.5 Å². The van der Waals surface area contributed by atoms with Gasteiger partial charge in [0, 0.05) is 6.20 Å². The Morgan fingerprint density at radius 2 is 2.08 bits per heavy atom. The van der Waals surface area contributed by atoms with E-state index in [-0.39, 0.29) is 0 Å². The Balaban J connectivity index is 2.92. The number of H-pyrrole nitrogens is 1. The number of hydrogen-bond donors (Lipinski definition) is 1. The molecule has 0 radical (unpaired) electrons. The van der Waals surface area contributed by atoms with Crippen LogP contribution in [0.25, 0.3) is 0 Å². The van der Waals surface area contributed by atoms with Gasteiger partial charge < -0.3 is 4.98 Å². The van der Waals surface area contributed by atoms with Gasteiger partial charge in [0.1, 0.15) is 5.69 Å². The van der Waals surface area contributed by atoms with Gasteiger partial charge in [0.15, 0.2) is 0 Å². The summed E-state index contributed by atoms with van der Waals surface area (Å²) in [5, 5.41) is -0.405. The number of aromatic nitrogens is 1. The van der Waals surface area contributed by atoms with Crippen molar-refractivity contribution < 1.29 is 13.2 Å². The maximum atomic E-state index is 12.0. The molecule has 1 unspecified atom stereocenters. The van der Waals surface area contributed by atoms with Crippen molar-refractivity contribution in [1.82, 2.24) is 4.98 Å². The lowest BCUT2D eigenvalue weighted by Gasteiger charge is -2.01. The fourth-order valence-electron chi connectivity index (χ4n) is 0.804. The monoisotopic (exact) mass is 197 g/mol. The van der Waals surface area contributed by atoms with Gasteiger partial charge in [0.05, 0.1) is 5.38 Å². The second-order valence-corrected chi connectivity index (χ2v) is 3.12. The van der Waals surface area contributed by atoms with E-state index in [1.54, 1.807) is 6.92 Å². The number of nitrogens with one attached hydrogen (secondary N) is 1. The van der Waals surface area contributed by atoms with Crippen LogP contribution < -0.4 is 0 Å². The van der Waals surface area contributed by atoms with Crippen molar-refractivity contribution in [2.24, 2.45) is 0 Å². The summed E-state index contributed by atoms with van der Waals surface area (Å²) in [4.78, 5) is 2.12. The van der Waals surface area contributed by atoms with Gasteiger partial charge in [-0.2, -0.15) is 13.2 Å². The van der Waals surface area contributed by atoms with Crippen LogP contribution in [0.5, 0.6) is 0 Å². The predicted octanol–water partition coefficient (Wildman–Crippen LogP) is 3.33. The highest BCUT2D eigenvalue weighted by Crippen LogP contribution is 2.30. The summed E-state index contributed by atoms with van der Waals surface area (Å²) in [6, 6.07) is 1.01. The Kier molecular flexibility index (Phi) is 2.37. The fourth-order valence-corrected chi connectivity index (χ4v) is 0.930. The minimum absolute atomic E-state index is 0.405. The molecule has 0 aromatic carbocycles. The first-order chi connectivity index (χ1) is 5.41. The topological polar surface area (TPSA) is 15.8 Å². The summed E-state index contributed by atoms with van der Waals surface area (Å²) < 4.78 is 36.0. The van der Waals surface area contributed by atoms with Crippen LogP contribution >= 0.6 is 11.6 Å². The van der Waals surface area contributed by atoms with Crippen molar-refractivity contribution in [1.29, 1.82) is 0 Å². The molecular formula is C7H7ClF3N. The van der Waals surface area contributed by atoms with Crippen LogP contribution in [0.2, 0.25) is 0 Å². The largest absolute Gasteiger partial charge is 0.431 e. The maximum Gasteiger partial charge on any atom is 0.431 e. The standard InChI is InChI=1S/C7H7ClF3N/c1-4(8)5-2-6(12-3-5)7(9,10)11/h2-4,12H,1H3. The van der Waals surface area contributed by atoms with Gasteiger partial charge in [0.25, 0.3) is 0 Å².